The number of rotatable bonds is 37. The molecule has 0 radical (unpaired) electrons. The Morgan fingerprint density at radius 3 is 0.532 bits per heavy atom. The van der Waals surface area contributed by atoms with E-state index < -0.39 is 373 Å². The van der Waals surface area contributed by atoms with Gasteiger partial charge in [-0.3, -0.25) is 0 Å². The van der Waals surface area contributed by atoms with E-state index in [4.69, 9.17) is 90.0 Å². The van der Waals surface area contributed by atoms with E-state index in [0.717, 1.165) is 0 Å². The predicted molar refractivity (Wildman–Crippen MR) is 330 cm³/mol. The van der Waals surface area contributed by atoms with Crippen molar-refractivity contribution in [1.29, 1.82) is 0 Å². The van der Waals surface area contributed by atoms with Gasteiger partial charge in [-0.05, 0) is 0 Å². The van der Waals surface area contributed by atoms with E-state index in [2.05, 4.69) is 0 Å². The van der Waals surface area contributed by atoms with Crippen LogP contribution in [0.25, 0.3) is 0 Å². The maximum atomic E-state index is 12.0. The number of ether oxygens (including phenoxy) is 19. The van der Waals surface area contributed by atoms with Crippen LogP contribution < -0.4 is 0 Å². The molecule has 51 nitrogen and oxygen atoms in total. The third-order valence-corrected chi connectivity index (χ3v) is 21.7. The fraction of sp³-hybridized carbons (Fsp3) is 1.00. The minimum absolute atomic E-state index is 0.964. The van der Waals surface area contributed by atoms with Gasteiger partial charge in [0.15, 0.2) is 6.29 Å². The van der Waals surface area contributed by atoms with Crippen LogP contribution >= 0.6 is 0 Å². The molecule has 32 unspecified atom stereocenters. The third-order valence-electron chi connectivity index (χ3n) is 21.7. The highest BCUT2D eigenvalue weighted by Gasteiger charge is 2.70. The summed E-state index contributed by atoms with van der Waals surface area (Å²) in [5.74, 6) is -27.6. The molecule has 10 heterocycles. The van der Waals surface area contributed by atoms with Gasteiger partial charge < -0.3 is 253 Å². The summed E-state index contributed by atoms with van der Waals surface area (Å²) in [5.41, 5.74) is 0. The van der Waals surface area contributed by atoms with Crippen molar-refractivity contribution in [3.8, 4) is 0 Å². The van der Waals surface area contributed by atoms with Crippen molar-refractivity contribution in [3.63, 3.8) is 0 Å². The monoisotopic (exact) mass is 1640 g/mol. The molecule has 0 aromatic heterocycles. The maximum absolute atomic E-state index is 12.0. The largest absolute Gasteiger partial charge is 0.394 e. The summed E-state index contributed by atoms with van der Waals surface area (Å²) in [6, 6.07) is 0. The van der Waals surface area contributed by atoms with E-state index in [9.17, 15) is 163 Å². The molecule has 10 aliphatic heterocycles. The van der Waals surface area contributed by atoms with Gasteiger partial charge >= 0.3 is 0 Å². The smallest absolute Gasteiger partial charge is 0.224 e. The second kappa shape index (κ2) is 35.7. The van der Waals surface area contributed by atoms with Crippen LogP contribution in [0.2, 0.25) is 0 Å². The van der Waals surface area contributed by atoms with Crippen LogP contribution in [0.4, 0.5) is 0 Å². The maximum Gasteiger partial charge on any atom is 0.224 e. The van der Waals surface area contributed by atoms with Crippen LogP contribution in [0.3, 0.4) is 0 Å². The average Bonchev–Trinajstić information content (AvgIpc) is 1.49. The Morgan fingerprint density at radius 1 is 0.180 bits per heavy atom. The molecule has 10 fully saturated rings. The number of aliphatic hydroxyl groups excluding tert-OH is 32. The molecule has 0 amide bonds. The lowest BCUT2D eigenvalue weighted by Gasteiger charge is -2.45. The Balaban J connectivity index is 0.956. The lowest BCUT2D eigenvalue weighted by molar-refractivity contribution is -0.407. The Kier molecular flexibility index (Phi) is 29.4. The van der Waals surface area contributed by atoms with Crippen molar-refractivity contribution >= 4 is 0 Å². The Hall–Kier alpha value is -2.04. The second-order valence-electron chi connectivity index (χ2n) is 28.6. The molecule has 10 saturated heterocycles. The van der Waals surface area contributed by atoms with E-state index in [1.54, 1.807) is 0 Å². The van der Waals surface area contributed by atoms with Crippen molar-refractivity contribution in [2.45, 2.75) is 248 Å². The lowest BCUT2D eigenvalue weighted by atomic mass is 9.99. The predicted octanol–water partition coefficient (Wildman–Crippen LogP) is -22.8. The van der Waals surface area contributed by atoms with E-state index in [0.29, 0.717) is 0 Å². The molecule has 0 bridgehead atoms. The first kappa shape index (κ1) is 91.3. The molecule has 0 aromatic carbocycles. The van der Waals surface area contributed by atoms with Crippen LogP contribution in [-0.4, -0.2) is 537 Å². The summed E-state index contributed by atoms with van der Waals surface area (Å²) in [5, 5.41) is 352. The molecule has 32 N–H and O–H groups in total. The third kappa shape index (κ3) is 16.3. The molecule has 41 atom stereocenters. The van der Waals surface area contributed by atoms with Crippen molar-refractivity contribution in [2.24, 2.45) is 0 Å². The van der Waals surface area contributed by atoms with Gasteiger partial charge in [-0.1, -0.05) is 0 Å². The van der Waals surface area contributed by atoms with Crippen LogP contribution in [0.5, 0.6) is 0 Å². The number of hydrogen-bond donors (Lipinski definition) is 32. The molecule has 111 heavy (non-hydrogen) atoms. The van der Waals surface area contributed by atoms with Crippen molar-refractivity contribution in [3.05, 3.63) is 0 Å². The van der Waals surface area contributed by atoms with E-state index in [1.807, 2.05) is 0 Å². The Bertz CT molecular complexity index is 2950. The number of hydrogen-bond acceptors (Lipinski definition) is 51. The highest BCUT2D eigenvalue weighted by molar-refractivity contribution is 5.09. The van der Waals surface area contributed by atoms with Crippen molar-refractivity contribution in [2.75, 3.05) is 126 Å². The van der Waals surface area contributed by atoms with Gasteiger partial charge in [0, 0.05) is 0 Å². The molecular formula is C60H102O51. The van der Waals surface area contributed by atoms with Crippen LogP contribution in [0.1, 0.15) is 0 Å². The van der Waals surface area contributed by atoms with E-state index >= 15 is 0 Å². The minimum Gasteiger partial charge on any atom is -0.394 e. The zero-order valence-corrected chi connectivity index (χ0v) is 58.5. The van der Waals surface area contributed by atoms with Crippen LogP contribution in [0.15, 0.2) is 0 Å². The fourth-order valence-electron chi connectivity index (χ4n) is 14.7. The summed E-state index contributed by atoms with van der Waals surface area (Å²) in [7, 11) is 0. The van der Waals surface area contributed by atoms with Crippen LogP contribution in [-0.2, 0) is 90.0 Å². The molecule has 0 saturated carbocycles. The molecule has 0 spiro atoms. The van der Waals surface area contributed by atoms with Gasteiger partial charge in [0.1, 0.15) is 249 Å². The van der Waals surface area contributed by atoms with Gasteiger partial charge in [-0.2, -0.15) is 0 Å². The van der Waals surface area contributed by atoms with Gasteiger partial charge in [-0.25, -0.2) is 0 Å². The van der Waals surface area contributed by atoms with Gasteiger partial charge in [0.2, 0.25) is 52.1 Å². The summed E-state index contributed by atoms with van der Waals surface area (Å²) in [4.78, 5) is 0. The lowest BCUT2D eigenvalue weighted by Crippen LogP contribution is -2.64. The molecule has 10 rings (SSSR count). The van der Waals surface area contributed by atoms with E-state index in [-0.39, 0.29) is 0 Å². The standard InChI is InChI=1S/C60H102O51/c61-1-20-30(72)40(82)41(83)51(101-20)111-60(50(92)39(81)29(10-70)110-60)19-100-59(49(91)38(80)28(9-69)109-59)18-99-58(48(90)37(79)27(8-68)108-58)17-98-57(47(89)36(78)26(7-67)107-57)16-97-56(46(88)35(77)25(6-66)106-56)15-96-55(45(87)34(76)24(5-65)105-55)14-95-54(44(86)33(75)23(4-64)104-54)13-94-53(43(85)32(74)22(3-63)103-53)12-93-52(11-71)42(84)31(73)21(2-62)102-52/h20-51,61-92H,1-19H2/t20?,21?,22?,23?,24?,25?,26?,27?,28?,29?,30?,31?,32?,33?,34?,35?,36?,37?,38?,39?,40?,41?,42?,43?,44?,45?,46?,47?,48?,49?,50?,51?,52-,53-,54-,55-,56-,57-,58-,59-,60+/m1/s1. The highest BCUT2D eigenvalue weighted by atomic mass is 16.9. The van der Waals surface area contributed by atoms with Gasteiger partial charge in [0.05, 0.1) is 66.1 Å². The van der Waals surface area contributed by atoms with Crippen LogP contribution in [0, 0.1) is 0 Å². The average molecular weight is 1640 g/mol. The topological polar surface area (TPSA) is 823 Å². The normalized spacial score (nSPS) is 52.8. The zero-order chi connectivity index (χ0) is 81.8. The molecule has 10 aliphatic rings. The SMILES string of the molecule is OCC1OC(O[C@]2(CO[C@]3(CO[C@]4(CO[C@]5(CO[C@]6(CO[C@]7(CO[C@]8(CO[C@]9(CO[C@]%10(CO)OC(CO)C(O)C%10O)OC(CO)C(O)C9O)OC(CO)C(O)C8O)OC(CO)C(O)C7O)OC(CO)C(O)C6O)OC(CO)C(O)C5O)OC(CO)C(O)C4O)OC(CO)C(O)C3O)OC(CO)C(O)C2O)C(O)C(O)C1O. The first-order valence-corrected chi connectivity index (χ1v) is 34.9. The van der Waals surface area contributed by atoms with Crippen molar-refractivity contribution < 1.29 is 253 Å². The van der Waals surface area contributed by atoms with Gasteiger partial charge in [0.25, 0.3) is 0 Å². The molecule has 51 heteroatoms. The van der Waals surface area contributed by atoms with Gasteiger partial charge in [-0.15, -0.1) is 0 Å². The number of aliphatic hydroxyl groups is 32. The first-order chi connectivity index (χ1) is 52.4. The minimum atomic E-state index is -3.20. The summed E-state index contributed by atoms with van der Waals surface area (Å²) in [6.45, 7) is -24.8. The fourth-order valence-corrected chi connectivity index (χ4v) is 14.7. The van der Waals surface area contributed by atoms with Crippen molar-refractivity contribution in [1.82, 2.24) is 0 Å². The summed E-state index contributed by atoms with van der Waals surface area (Å²) in [6.07, 6.45) is -69.6. The summed E-state index contributed by atoms with van der Waals surface area (Å²) >= 11 is 0. The quantitative estimate of drug-likeness (QED) is 0.0275. The molecule has 0 aliphatic carbocycles. The zero-order valence-electron chi connectivity index (χ0n) is 58.5. The highest BCUT2D eigenvalue weighted by Crippen LogP contribution is 2.48. The van der Waals surface area contributed by atoms with E-state index in [1.165, 1.54) is 0 Å². The first-order valence-electron chi connectivity index (χ1n) is 34.9. The molecule has 648 valence electrons. The molecular weight excluding hydrogens is 1540 g/mol. The molecule has 0 aromatic rings. The second-order valence-corrected chi connectivity index (χ2v) is 28.6. The Morgan fingerprint density at radius 2 is 0.342 bits per heavy atom. The Labute approximate surface area is 625 Å². The summed E-state index contributed by atoms with van der Waals surface area (Å²) < 4.78 is 111.